The molecule has 0 aromatic rings. The molecule has 1 aliphatic rings. The van der Waals surface area contributed by atoms with Gasteiger partial charge in [-0.2, -0.15) is 0 Å². The second kappa shape index (κ2) is 6.91. The lowest BCUT2D eigenvalue weighted by Crippen LogP contribution is -2.46. The molecule has 0 unspecified atom stereocenters. The van der Waals surface area contributed by atoms with E-state index in [0.717, 1.165) is 0 Å². The predicted molar refractivity (Wildman–Crippen MR) is 96.8 cm³/mol. The average molecular weight is 360 g/mol. The summed E-state index contributed by atoms with van der Waals surface area (Å²) in [5, 5.41) is 12.2. The lowest BCUT2D eigenvalue weighted by Gasteiger charge is -2.38. The summed E-state index contributed by atoms with van der Waals surface area (Å²) in [5.41, 5.74) is 5.18. The topological polar surface area (TPSA) is 97.4 Å². The van der Waals surface area contributed by atoms with Crippen molar-refractivity contribution in [2.24, 2.45) is 10.9 Å². The van der Waals surface area contributed by atoms with Crippen LogP contribution in [-0.2, 0) is 9.16 Å². The van der Waals surface area contributed by atoms with Crippen LogP contribution in [0.15, 0.2) is 5.16 Å². The fraction of sp³-hybridized carbons (Fsp3) is 0.875. The molecule has 2 atom stereocenters. The van der Waals surface area contributed by atoms with Crippen LogP contribution >= 0.6 is 0 Å². The minimum atomic E-state index is -1.98. The molecule has 0 spiro atoms. The van der Waals surface area contributed by atoms with Crippen molar-refractivity contribution in [3.8, 4) is 0 Å². The van der Waals surface area contributed by atoms with Crippen molar-refractivity contribution < 1.29 is 19.2 Å². The number of carbonyl (C=O) groups excluding carboxylic acids is 1. The summed E-state index contributed by atoms with van der Waals surface area (Å²) < 4.78 is 11.8. The standard InChI is InChI=1S/C16H33N3O4Si/c1-15(2,3)22-14(20)19-10-11(9-12(19)13(17)18-21)23-24(7,8)16(4,5)6/h11-12,21H,9-10H2,1-8H3,(H2,17,18)/t11-,12+/m1/s1. The van der Waals surface area contributed by atoms with Crippen LogP contribution in [-0.4, -0.2) is 54.6 Å². The van der Waals surface area contributed by atoms with Crippen molar-refractivity contribution >= 4 is 20.2 Å². The zero-order valence-corrected chi connectivity index (χ0v) is 17.2. The van der Waals surface area contributed by atoms with Gasteiger partial charge in [0.2, 0.25) is 0 Å². The van der Waals surface area contributed by atoms with Crippen molar-refractivity contribution in [1.29, 1.82) is 0 Å². The molecule has 1 fully saturated rings. The van der Waals surface area contributed by atoms with E-state index in [4.69, 9.17) is 20.1 Å². The molecular formula is C16H33N3O4Si. The van der Waals surface area contributed by atoms with Gasteiger partial charge < -0.3 is 20.1 Å². The summed E-state index contributed by atoms with van der Waals surface area (Å²) in [6, 6.07) is -0.514. The zero-order chi connectivity index (χ0) is 18.9. The number of nitrogens with zero attached hydrogens (tertiary/aromatic N) is 2. The molecule has 1 rings (SSSR count). The van der Waals surface area contributed by atoms with Crippen LogP contribution < -0.4 is 5.73 Å². The van der Waals surface area contributed by atoms with Gasteiger partial charge in [0.15, 0.2) is 14.2 Å². The first kappa shape index (κ1) is 20.8. The molecule has 7 nitrogen and oxygen atoms in total. The van der Waals surface area contributed by atoms with Crippen molar-refractivity contribution in [3.63, 3.8) is 0 Å². The Bertz CT molecular complexity index is 495. The Labute approximate surface area is 146 Å². The van der Waals surface area contributed by atoms with Gasteiger partial charge in [0.1, 0.15) is 5.60 Å². The first-order chi connectivity index (χ1) is 10.7. The maximum Gasteiger partial charge on any atom is 0.411 e. The Morgan fingerprint density at radius 2 is 1.79 bits per heavy atom. The van der Waals surface area contributed by atoms with Gasteiger partial charge in [-0.1, -0.05) is 25.9 Å². The molecule has 1 saturated heterocycles. The molecule has 0 saturated carbocycles. The second-order valence-electron chi connectivity index (χ2n) is 8.91. The van der Waals surface area contributed by atoms with Crippen molar-refractivity contribution in [2.75, 3.05) is 6.54 Å². The van der Waals surface area contributed by atoms with Crippen LogP contribution in [0, 0.1) is 0 Å². The number of rotatable bonds is 3. The number of ether oxygens (including phenoxy) is 1. The molecule has 8 heteroatoms. The Morgan fingerprint density at radius 1 is 1.25 bits per heavy atom. The Hall–Kier alpha value is -1.28. The van der Waals surface area contributed by atoms with E-state index >= 15 is 0 Å². The summed E-state index contributed by atoms with van der Waals surface area (Å²) in [4.78, 5) is 14.0. The van der Waals surface area contributed by atoms with Gasteiger partial charge >= 0.3 is 6.09 Å². The Morgan fingerprint density at radius 3 is 2.21 bits per heavy atom. The summed E-state index contributed by atoms with van der Waals surface area (Å²) >= 11 is 0. The Kier molecular flexibility index (Phi) is 5.98. The van der Waals surface area contributed by atoms with E-state index in [0.29, 0.717) is 13.0 Å². The third-order valence-electron chi connectivity index (χ3n) is 4.62. The summed E-state index contributed by atoms with van der Waals surface area (Å²) in [7, 11) is -1.98. The number of likely N-dealkylation sites (tertiary alicyclic amines) is 1. The molecule has 0 bridgehead atoms. The highest BCUT2D eigenvalue weighted by molar-refractivity contribution is 6.74. The fourth-order valence-corrected chi connectivity index (χ4v) is 3.70. The molecule has 24 heavy (non-hydrogen) atoms. The van der Waals surface area contributed by atoms with E-state index in [2.05, 4.69) is 39.0 Å². The SMILES string of the molecule is CC(C)(C)OC(=O)N1C[C@H](O[Si](C)(C)C(C)(C)C)C[C@H]1/C(N)=N/O. The highest BCUT2D eigenvalue weighted by Crippen LogP contribution is 2.39. The summed E-state index contributed by atoms with van der Waals surface area (Å²) in [6.07, 6.45) is -0.120. The van der Waals surface area contributed by atoms with Crippen molar-refractivity contribution in [2.45, 2.75) is 83.8 Å². The van der Waals surface area contributed by atoms with Crippen LogP contribution in [0.3, 0.4) is 0 Å². The molecule has 0 aromatic heterocycles. The molecule has 1 heterocycles. The fourth-order valence-electron chi connectivity index (χ4n) is 2.35. The first-order valence-electron chi connectivity index (χ1n) is 8.33. The third-order valence-corrected chi connectivity index (χ3v) is 9.15. The second-order valence-corrected chi connectivity index (χ2v) is 13.7. The normalized spacial score (nSPS) is 23.5. The minimum absolute atomic E-state index is 0.00203. The summed E-state index contributed by atoms with van der Waals surface area (Å²) in [6.45, 7) is 16.6. The number of carbonyl (C=O) groups is 1. The lowest BCUT2D eigenvalue weighted by molar-refractivity contribution is 0.0245. The number of oxime groups is 1. The maximum absolute atomic E-state index is 12.5. The zero-order valence-electron chi connectivity index (χ0n) is 16.2. The van der Waals surface area contributed by atoms with E-state index in [1.54, 1.807) is 0 Å². The predicted octanol–water partition coefficient (Wildman–Crippen LogP) is 3.13. The van der Waals surface area contributed by atoms with Gasteiger partial charge in [0, 0.05) is 13.0 Å². The van der Waals surface area contributed by atoms with Crippen LogP contribution in [0.2, 0.25) is 18.1 Å². The molecule has 140 valence electrons. The van der Waals surface area contributed by atoms with Gasteiger partial charge in [-0.25, -0.2) is 4.79 Å². The van der Waals surface area contributed by atoms with Gasteiger partial charge in [-0.15, -0.1) is 0 Å². The lowest BCUT2D eigenvalue weighted by atomic mass is 10.2. The Balaban J connectivity index is 2.94. The van der Waals surface area contributed by atoms with Gasteiger partial charge in [-0.05, 0) is 38.9 Å². The number of hydrogen-bond acceptors (Lipinski definition) is 5. The molecule has 3 N–H and O–H groups in total. The van der Waals surface area contributed by atoms with E-state index in [9.17, 15) is 4.79 Å². The van der Waals surface area contributed by atoms with E-state index in [1.165, 1.54) is 4.90 Å². The van der Waals surface area contributed by atoms with E-state index < -0.39 is 26.1 Å². The highest BCUT2D eigenvalue weighted by Gasteiger charge is 2.45. The number of amidine groups is 1. The quantitative estimate of drug-likeness (QED) is 0.265. The number of amides is 1. The molecule has 1 aliphatic heterocycles. The average Bonchev–Trinajstić information content (AvgIpc) is 2.77. The molecule has 1 amide bonds. The summed E-state index contributed by atoms with van der Waals surface area (Å²) in [5.74, 6) is 0.00203. The largest absolute Gasteiger partial charge is 0.444 e. The van der Waals surface area contributed by atoms with Gasteiger partial charge in [-0.3, -0.25) is 4.90 Å². The van der Waals surface area contributed by atoms with Crippen LogP contribution in [0.1, 0.15) is 48.0 Å². The minimum Gasteiger partial charge on any atom is -0.444 e. The molecule has 0 aromatic carbocycles. The van der Waals surface area contributed by atoms with Crippen LogP contribution in [0.4, 0.5) is 4.79 Å². The van der Waals surface area contributed by atoms with Crippen LogP contribution in [0.5, 0.6) is 0 Å². The smallest absolute Gasteiger partial charge is 0.411 e. The monoisotopic (exact) mass is 359 g/mol. The van der Waals surface area contributed by atoms with Crippen molar-refractivity contribution in [1.82, 2.24) is 4.90 Å². The van der Waals surface area contributed by atoms with Crippen molar-refractivity contribution in [3.05, 3.63) is 0 Å². The molecule has 0 aliphatic carbocycles. The third kappa shape index (κ3) is 5.11. The van der Waals surface area contributed by atoms with E-state index in [-0.39, 0.29) is 17.0 Å². The van der Waals surface area contributed by atoms with E-state index in [1.807, 2.05) is 20.8 Å². The van der Waals surface area contributed by atoms with Crippen LogP contribution in [0.25, 0.3) is 0 Å². The number of nitrogens with two attached hydrogens (primary N) is 1. The highest BCUT2D eigenvalue weighted by atomic mass is 28.4. The number of hydrogen-bond donors (Lipinski definition) is 2. The molecule has 0 radical (unpaired) electrons. The molecular weight excluding hydrogens is 326 g/mol. The van der Waals surface area contributed by atoms with Gasteiger partial charge in [0.05, 0.1) is 12.1 Å². The first-order valence-corrected chi connectivity index (χ1v) is 11.2. The maximum atomic E-state index is 12.5. The van der Waals surface area contributed by atoms with Gasteiger partial charge in [0.25, 0.3) is 0 Å².